The summed E-state index contributed by atoms with van der Waals surface area (Å²) in [5.41, 5.74) is 0. The van der Waals surface area contributed by atoms with E-state index in [1.165, 1.54) is 0 Å². The lowest BCUT2D eigenvalue weighted by molar-refractivity contribution is -0.130. The lowest BCUT2D eigenvalue weighted by Gasteiger charge is -2.34. The van der Waals surface area contributed by atoms with Gasteiger partial charge < -0.3 is 14.6 Å². The van der Waals surface area contributed by atoms with E-state index >= 15 is 0 Å². The topological polar surface area (TPSA) is 58.4 Å². The third kappa shape index (κ3) is 4.23. The van der Waals surface area contributed by atoms with Gasteiger partial charge in [-0.3, -0.25) is 4.79 Å². The van der Waals surface area contributed by atoms with Gasteiger partial charge in [-0.2, -0.15) is 11.8 Å². The van der Waals surface area contributed by atoms with Gasteiger partial charge in [0.05, 0.1) is 5.75 Å². The van der Waals surface area contributed by atoms with Crippen molar-refractivity contribution in [1.82, 2.24) is 14.5 Å². The van der Waals surface area contributed by atoms with Gasteiger partial charge in [-0.25, -0.2) is 4.98 Å². The van der Waals surface area contributed by atoms with Gasteiger partial charge in [0.25, 0.3) is 0 Å². The first kappa shape index (κ1) is 16.4. The van der Waals surface area contributed by atoms with Crippen LogP contribution in [0.1, 0.15) is 38.1 Å². The van der Waals surface area contributed by atoms with Crippen molar-refractivity contribution < 1.29 is 9.90 Å². The molecule has 1 amide bonds. The molecule has 1 aromatic rings. The average molecular weight is 311 g/mol. The Balaban J connectivity index is 1.80. The first-order chi connectivity index (χ1) is 10.1. The maximum atomic E-state index is 12.1. The standard InChI is InChI=1S/C15H25N3O2S/c1-3-10-21-11-13(19)18-7-4-12(5-8-18)14(20)15-16-6-9-17(15)2/h6,9,12,14,20H,3-5,7-8,10-11H2,1-2H3/t14-/m0/s1. The fraction of sp³-hybridized carbons (Fsp3) is 0.733. The van der Waals surface area contributed by atoms with E-state index in [-0.39, 0.29) is 11.8 Å². The van der Waals surface area contributed by atoms with Crippen LogP contribution in [0.25, 0.3) is 0 Å². The lowest BCUT2D eigenvalue weighted by atomic mass is 9.90. The van der Waals surface area contributed by atoms with Gasteiger partial charge in [0.2, 0.25) is 5.91 Å². The minimum atomic E-state index is -0.531. The van der Waals surface area contributed by atoms with Crippen LogP contribution < -0.4 is 0 Å². The highest BCUT2D eigenvalue weighted by Gasteiger charge is 2.29. The van der Waals surface area contributed by atoms with Crippen LogP contribution in [0.15, 0.2) is 12.4 Å². The summed E-state index contributed by atoms with van der Waals surface area (Å²) >= 11 is 1.71. The third-order valence-corrected chi connectivity index (χ3v) is 5.18. The Kier molecular flexibility index (Phi) is 6.11. The van der Waals surface area contributed by atoms with Crippen LogP contribution in [-0.2, 0) is 11.8 Å². The van der Waals surface area contributed by atoms with Gasteiger partial charge in [0.1, 0.15) is 11.9 Å². The number of piperidine rings is 1. The zero-order valence-corrected chi connectivity index (χ0v) is 13.7. The molecular weight excluding hydrogens is 286 g/mol. The van der Waals surface area contributed by atoms with Crippen LogP contribution in [0.2, 0.25) is 0 Å². The number of aliphatic hydroxyl groups excluding tert-OH is 1. The normalized spacial score (nSPS) is 18.0. The summed E-state index contributed by atoms with van der Waals surface area (Å²) in [6, 6.07) is 0. The number of aryl methyl sites for hydroxylation is 1. The molecule has 0 bridgehead atoms. The van der Waals surface area contributed by atoms with E-state index in [0.717, 1.165) is 43.9 Å². The van der Waals surface area contributed by atoms with E-state index in [4.69, 9.17) is 0 Å². The number of hydrogen-bond donors (Lipinski definition) is 1. The van der Waals surface area contributed by atoms with Crippen LogP contribution in [0, 0.1) is 5.92 Å². The molecule has 0 radical (unpaired) electrons. The number of hydrogen-bond acceptors (Lipinski definition) is 4. The van der Waals surface area contributed by atoms with Crippen molar-refractivity contribution in [1.29, 1.82) is 0 Å². The number of aromatic nitrogens is 2. The summed E-state index contributed by atoms with van der Waals surface area (Å²) in [6.07, 6.45) is 5.83. The van der Waals surface area contributed by atoms with Crippen LogP contribution >= 0.6 is 11.8 Å². The quantitative estimate of drug-likeness (QED) is 0.814. The number of rotatable bonds is 6. The summed E-state index contributed by atoms with van der Waals surface area (Å²) in [5.74, 6) is 2.77. The number of imidazole rings is 1. The van der Waals surface area contributed by atoms with E-state index in [2.05, 4.69) is 11.9 Å². The second kappa shape index (κ2) is 7.84. The Hall–Kier alpha value is -1.01. The number of amides is 1. The highest BCUT2D eigenvalue weighted by atomic mass is 32.2. The van der Waals surface area contributed by atoms with Crippen molar-refractivity contribution in [3.05, 3.63) is 18.2 Å². The van der Waals surface area contributed by atoms with Crippen LogP contribution in [-0.4, -0.2) is 50.1 Å². The van der Waals surface area contributed by atoms with Crippen LogP contribution in [0.4, 0.5) is 0 Å². The average Bonchev–Trinajstić information content (AvgIpc) is 2.93. The molecule has 1 atom stereocenters. The molecule has 0 aliphatic carbocycles. The fourth-order valence-corrected chi connectivity index (χ4v) is 3.52. The van der Waals surface area contributed by atoms with E-state index in [9.17, 15) is 9.90 Å². The molecule has 0 aromatic carbocycles. The Labute approximate surface area is 130 Å². The predicted molar refractivity (Wildman–Crippen MR) is 85.1 cm³/mol. The number of aliphatic hydroxyl groups is 1. The van der Waals surface area contributed by atoms with Crippen LogP contribution in [0.5, 0.6) is 0 Å². The lowest BCUT2D eigenvalue weighted by Crippen LogP contribution is -2.40. The first-order valence-electron chi connectivity index (χ1n) is 7.64. The molecule has 1 aromatic heterocycles. The van der Waals surface area contributed by atoms with E-state index in [0.29, 0.717) is 5.75 Å². The molecule has 6 heteroatoms. The van der Waals surface area contributed by atoms with Gasteiger partial charge in [-0.15, -0.1) is 0 Å². The van der Waals surface area contributed by atoms with Gasteiger partial charge in [-0.1, -0.05) is 6.92 Å². The summed E-state index contributed by atoms with van der Waals surface area (Å²) in [4.78, 5) is 18.2. The van der Waals surface area contributed by atoms with Crippen LogP contribution in [0.3, 0.4) is 0 Å². The minimum absolute atomic E-state index is 0.193. The molecule has 0 saturated carbocycles. The van der Waals surface area contributed by atoms with Crippen molar-refractivity contribution in [2.75, 3.05) is 24.6 Å². The fourth-order valence-electron chi connectivity index (χ4n) is 2.73. The Morgan fingerprint density at radius 1 is 1.52 bits per heavy atom. The van der Waals surface area contributed by atoms with Gasteiger partial charge in [-0.05, 0) is 30.9 Å². The summed E-state index contributed by atoms with van der Waals surface area (Å²) in [5, 5.41) is 10.4. The maximum Gasteiger partial charge on any atom is 0.232 e. The maximum absolute atomic E-state index is 12.1. The summed E-state index contributed by atoms with van der Waals surface area (Å²) < 4.78 is 1.86. The second-order valence-corrected chi connectivity index (χ2v) is 6.72. The largest absolute Gasteiger partial charge is 0.385 e. The van der Waals surface area contributed by atoms with Crippen molar-refractivity contribution in [3.63, 3.8) is 0 Å². The molecule has 21 heavy (non-hydrogen) atoms. The molecule has 1 aliphatic rings. The number of nitrogens with zero attached hydrogens (tertiary/aromatic N) is 3. The molecule has 0 spiro atoms. The summed E-state index contributed by atoms with van der Waals surface area (Å²) in [7, 11) is 1.90. The Morgan fingerprint density at radius 3 is 2.81 bits per heavy atom. The molecule has 0 unspecified atom stereocenters. The number of likely N-dealkylation sites (tertiary alicyclic amines) is 1. The smallest absolute Gasteiger partial charge is 0.232 e. The Bertz CT molecular complexity index is 456. The van der Waals surface area contributed by atoms with Gasteiger partial charge in [0, 0.05) is 32.5 Å². The molecule has 5 nitrogen and oxygen atoms in total. The molecule has 1 saturated heterocycles. The van der Waals surface area contributed by atoms with Gasteiger partial charge >= 0.3 is 0 Å². The monoisotopic (exact) mass is 311 g/mol. The van der Waals surface area contributed by atoms with Crippen molar-refractivity contribution in [2.24, 2.45) is 13.0 Å². The van der Waals surface area contributed by atoms with Crippen molar-refractivity contribution >= 4 is 17.7 Å². The molecular formula is C15H25N3O2S. The van der Waals surface area contributed by atoms with E-state index in [1.807, 2.05) is 22.7 Å². The highest BCUT2D eigenvalue weighted by molar-refractivity contribution is 7.99. The first-order valence-corrected chi connectivity index (χ1v) is 8.79. The number of carbonyl (C=O) groups is 1. The number of carbonyl (C=O) groups excluding carboxylic acids is 1. The number of thioether (sulfide) groups is 1. The molecule has 2 rings (SSSR count). The second-order valence-electron chi connectivity index (χ2n) is 5.61. The van der Waals surface area contributed by atoms with Gasteiger partial charge in [0.15, 0.2) is 0 Å². The third-order valence-electron chi connectivity index (χ3n) is 4.04. The predicted octanol–water partition coefficient (Wildman–Crippen LogP) is 1.84. The van der Waals surface area contributed by atoms with E-state index in [1.54, 1.807) is 18.0 Å². The highest BCUT2D eigenvalue weighted by Crippen LogP contribution is 2.29. The zero-order valence-electron chi connectivity index (χ0n) is 12.9. The molecule has 1 aliphatic heterocycles. The van der Waals surface area contributed by atoms with E-state index < -0.39 is 6.10 Å². The Morgan fingerprint density at radius 2 is 2.24 bits per heavy atom. The molecule has 2 heterocycles. The SMILES string of the molecule is CCCSCC(=O)N1CCC([C@H](O)c2nccn2C)CC1. The zero-order chi connectivity index (χ0) is 15.2. The molecule has 118 valence electrons. The van der Waals surface area contributed by atoms with Crippen molar-refractivity contribution in [3.8, 4) is 0 Å². The molecule has 1 fully saturated rings. The summed E-state index contributed by atoms with van der Waals surface area (Å²) in [6.45, 7) is 3.62. The molecule has 1 N–H and O–H groups in total. The van der Waals surface area contributed by atoms with Crippen molar-refractivity contribution in [2.45, 2.75) is 32.3 Å². The minimum Gasteiger partial charge on any atom is -0.385 e.